The summed E-state index contributed by atoms with van der Waals surface area (Å²) in [5.41, 5.74) is 0.599. The zero-order valence-corrected chi connectivity index (χ0v) is 16.5. The smallest absolute Gasteiger partial charge is 0.183 e. The first-order valence-electron chi connectivity index (χ1n) is 6.59. The summed E-state index contributed by atoms with van der Waals surface area (Å²) >= 11 is 13.7. The number of carbonyl (C=O) groups excluding carboxylic acids is 1. The molecular weight excluding hydrogens is 438 g/mol. The number of fused-ring (bicyclic) bond motifs is 1. The molecule has 1 unspecified atom stereocenters. The lowest BCUT2D eigenvalue weighted by Crippen LogP contribution is -2.35. The van der Waals surface area contributed by atoms with E-state index >= 15 is 0 Å². The van der Waals surface area contributed by atoms with Gasteiger partial charge in [-0.05, 0) is 41.9 Å². The van der Waals surface area contributed by atoms with Gasteiger partial charge in [-0.3, -0.25) is 4.79 Å². The van der Waals surface area contributed by atoms with Crippen molar-refractivity contribution in [2.45, 2.75) is 19.1 Å². The quantitative estimate of drug-likeness (QED) is 0.629. The van der Waals surface area contributed by atoms with E-state index in [2.05, 4.69) is 50.6 Å². The molecule has 7 heteroatoms. The highest BCUT2D eigenvalue weighted by atomic mass is 79.9. The molecule has 0 amide bonds. The average molecular weight is 453 g/mol. The van der Waals surface area contributed by atoms with Gasteiger partial charge >= 0.3 is 0 Å². The van der Waals surface area contributed by atoms with Crippen LogP contribution in [0.5, 0.6) is 5.75 Å². The van der Waals surface area contributed by atoms with Gasteiger partial charge in [0.25, 0.3) is 0 Å². The molecule has 1 aromatic carbocycles. The Kier molecular flexibility index (Phi) is 6.11. The van der Waals surface area contributed by atoms with Crippen LogP contribution in [-0.4, -0.2) is 40.0 Å². The number of Topliss-reactive ketones (excluding diaryl/α,β-unsaturated/α-hetero) is 1. The maximum absolute atomic E-state index is 12.6. The van der Waals surface area contributed by atoms with Crippen molar-refractivity contribution in [1.29, 1.82) is 0 Å². The summed E-state index contributed by atoms with van der Waals surface area (Å²) in [6.45, 7) is 6.14. The Morgan fingerprint density at radius 1 is 1.43 bits per heavy atom. The fourth-order valence-corrected chi connectivity index (χ4v) is 5.03. The zero-order chi connectivity index (χ0) is 15.6. The lowest BCUT2D eigenvalue weighted by Gasteiger charge is -2.28. The van der Waals surface area contributed by atoms with E-state index in [4.69, 9.17) is 17.0 Å². The highest BCUT2D eigenvalue weighted by molar-refractivity contribution is 9.11. The number of benzene rings is 1. The Bertz CT molecular complexity index is 576. The van der Waals surface area contributed by atoms with Gasteiger partial charge in [0.15, 0.2) is 5.78 Å². The molecule has 1 aliphatic heterocycles. The van der Waals surface area contributed by atoms with Crippen molar-refractivity contribution >= 4 is 65.9 Å². The normalized spacial score (nSPS) is 17.1. The molecule has 1 aliphatic rings. The molecule has 0 saturated carbocycles. The van der Waals surface area contributed by atoms with Crippen molar-refractivity contribution in [1.82, 2.24) is 4.90 Å². The molecule has 0 bridgehead atoms. The van der Waals surface area contributed by atoms with E-state index in [-0.39, 0.29) is 11.0 Å². The monoisotopic (exact) mass is 451 g/mol. The standard InChI is InChI=1S/C14H15Br2NO2S2/c1-3-17(4-2)14(20)21-11-7-19-13-9(12(11)18)5-8(15)6-10(13)16/h5-6,11H,3-4,7H2,1-2H3. The van der Waals surface area contributed by atoms with Crippen LogP contribution < -0.4 is 4.74 Å². The molecule has 0 N–H and O–H groups in total. The Hall–Kier alpha value is -0.110. The SMILES string of the molecule is CCN(CC)C(=S)SC1COc2c(Br)cc(Br)cc2C1=O. The number of hydrogen-bond donors (Lipinski definition) is 0. The van der Waals surface area contributed by atoms with Crippen molar-refractivity contribution in [2.75, 3.05) is 19.7 Å². The van der Waals surface area contributed by atoms with Gasteiger partial charge in [-0.25, -0.2) is 0 Å². The Labute approximate surface area is 151 Å². The third kappa shape index (κ3) is 3.81. The average Bonchev–Trinajstić information content (AvgIpc) is 2.43. The third-order valence-corrected chi connectivity index (χ3v) is 5.90. The molecule has 2 rings (SSSR count). The molecule has 0 fully saturated rings. The van der Waals surface area contributed by atoms with Crippen LogP contribution in [0.15, 0.2) is 21.1 Å². The van der Waals surface area contributed by atoms with Gasteiger partial charge in [-0.15, -0.1) is 0 Å². The van der Waals surface area contributed by atoms with Crippen molar-refractivity contribution in [3.63, 3.8) is 0 Å². The molecule has 0 aromatic heterocycles. The van der Waals surface area contributed by atoms with Crippen LogP contribution in [-0.2, 0) is 0 Å². The maximum Gasteiger partial charge on any atom is 0.183 e. The molecule has 21 heavy (non-hydrogen) atoms. The summed E-state index contributed by atoms with van der Waals surface area (Å²) in [7, 11) is 0. The van der Waals surface area contributed by atoms with E-state index in [0.29, 0.717) is 17.9 Å². The summed E-state index contributed by atoms with van der Waals surface area (Å²) in [6, 6.07) is 3.68. The number of ketones is 1. The van der Waals surface area contributed by atoms with Crippen molar-refractivity contribution in [3.05, 3.63) is 26.6 Å². The molecule has 1 atom stereocenters. The topological polar surface area (TPSA) is 29.5 Å². The minimum Gasteiger partial charge on any atom is -0.490 e. The predicted octanol–water partition coefficient (Wildman–Crippen LogP) is 4.52. The number of nitrogens with zero attached hydrogens (tertiary/aromatic N) is 1. The molecule has 1 heterocycles. The fraction of sp³-hybridized carbons (Fsp3) is 0.429. The van der Waals surface area contributed by atoms with Gasteiger partial charge in [0.1, 0.15) is 21.9 Å². The van der Waals surface area contributed by atoms with Crippen LogP contribution >= 0.6 is 55.8 Å². The van der Waals surface area contributed by atoms with Crippen LogP contribution in [0.25, 0.3) is 0 Å². The highest BCUT2D eigenvalue weighted by Gasteiger charge is 2.32. The van der Waals surface area contributed by atoms with Crippen LogP contribution in [0.3, 0.4) is 0 Å². The molecule has 0 saturated heterocycles. The van der Waals surface area contributed by atoms with Gasteiger partial charge in [0.05, 0.1) is 10.0 Å². The summed E-state index contributed by atoms with van der Waals surface area (Å²) in [5.74, 6) is 0.687. The van der Waals surface area contributed by atoms with Gasteiger partial charge in [-0.1, -0.05) is 39.9 Å². The molecule has 0 radical (unpaired) electrons. The number of ether oxygens (including phenoxy) is 1. The van der Waals surface area contributed by atoms with Gasteiger partial charge in [0, 0.05) is 17.6 Å². The number of rotatable bonds is 3. The van der Waals surface area contributed by atoms with Crippen LogP contribution in [0.2, 0.25) is 0 Å². The third-order valence-electron chi connectivity index (χ3n) is 3.21. The molecule has 1 aromatic rings. The molecule has 114 valence electrons. The maximum atomic E-state index is 12.6. The number of carbonyl (C=O) groups is 1. The van der Waals surface area contributed by atoms with Crippen molar-refractivity contribution in [2.24, 2.45) is 0 Å². The Morgan fingerprint density at radius 3 is 2.71 bits per heavy atom. The highest BCUT2D eigenvalue weighted by Crippen LogP contribution is 2.38. The lowest BCUT2D eigenvalue weighted by molar-refractivity contribution is 0.0943. The summed E-state index contributed by atoms with van der Waals surface area (Å²) in [6.07, 6.45) is 0. The van der Waals surface area contributed by atoms with Crippen molar-refractivity contribution < 1.29 is 9.53 Å². The summed E-state index contributed by atoms with van der Waals surface area (Å²) in [4.78, 5) is 14.7. The van der Waals surface area contributed by atoms with E-state index in [1.807, 2.05) is 6.07 Å². The van der Waals surface area contributed by atoms with Crippen LogP contribution in [0.4, 0.5) is 0 Å². The second kappa shape index (κ2) is 7.44. The largest absolute Gasteiger partial charge is 0.490 e. The number of hydrogen-bond acceptors (Lipinski definition) is 4. The van der Waals surface area contributed by atoms with E-state index in [0.717, 1.165) is 26.4 Å². The molecule has 0 aliphatic carbocycles. The lowest BCUT2D eigenvalue weighted by atomic mass is 10.1. The second-order valence-electron chi connectivity index (χ2n) is 4.48. The first-order chi connectivity index (χ1) is 9.97. The number of halogens is 2. The van der Waals surface area contributed by atoms with Crippen LogP contribution in [0.1, 0.15) is 24.2 Å². The Balaban J connectivity index is 2.19. The fourth-order valence-electron chi connectivity index (χ4n) is 2.06. The first-order valence-corrected chi connectivity index (χ1v) is 9.46. The molecule has 0 spiro atoms. The van der Waals surface area contributed by atoms with E-state index in [1.54, 1.807) is 6.07 Å². The molecule has 3 nitrogen and oxygen atoms in total. The first kappa shape index (κ1) is 17.2. The van der Waals surface area contributed by atoms with Gasteiger partial charge in [0.2, 0.25) is 0 Å². The van der Waals surface area contributed by atoms with Gasteiger partial charge < -0.3 is 9.64 Å². The van der Waals surface area contributed by atoms with Crippen LogP contribution in [0, 0.1) is 0 Å². The van der Waals surface area contributed by atoms with E-state index < -0.39 is 0 Å². The minimum atomic E-state index is -0.285. The predicted molar refractivity (Wildman–Crippen MR) is 98.6 cm³/mol. The van der Waals surface area contributed by atoms with Crippen molar-refractivity contribution in [3.8, 4) is 5.75 Å². The Morgan fingerprint density at radius 2 is 2.10 bits per heavy atom. The second-order valence-corrected chi connectivity index (χ2v) is 8.09. The zero-order valence-electron chi connectivity index (χ0n) is 11.7. The number of thioether (sulfide) groups is 1. The van der Waals surface area contributed by atoms with E-state index in [1.165, 1.54) is 11.8 Å². The number of thiocarbonyl (C=S) groups is 1. The molecular formula is C14H15Br2NO2S2. The summed E-state index contributed by atoms with van der Waals surface area (Å²) in [5, 5.41) is -0.285. The summed E-state index contributed by atoms with van der Waals surface area (Å²) < 4.78 is 8.14. The minimum absolute atomic E-state index is 0.0674. The van der Waals surface area contributed by atoms with Gasteiger partial charge in [-0.2, -0.15) is 0 Å². The van der Waals surface area contributed by atoms with E-state index in [9.17, 15) is 4.79 Å².